The lowest BCUT2D eigenvalue weighted by molar-refractivity contribution is 1.55. The van der Waals surface area contributed by atoms with Crippen LogP contribution in [0.15, 0.2) is 58.1 Å². The topological polar surface area (TPSA) is 34.1 Å². The summed E-state index contributed by atoms with van der Waals surface area (Å²) in [5.41, 5.74) is 1.98. The Kier molecular flexibility index (Phi) is 2.41. The van der Waals surface area contributed by atoms with Crippen LogP contribution in [0.1, 0.15) is 11.1 Å². The lowest BCUT2D eigenvalue weighted by Crippen LogP contribution is -2.00. The summed E-state index contributed by atoms with van der Waals surface area (Å²) >= 11 is 0. The smallest absolute Gasteiger partial charge is 0.194 e. The van der Waals surface area contributed by atoms with E-state index in [0.717, 1.165) is 54.2 Å². The van der Waals surface area contributed by atoms with Gasteiger partial charge in [-0.15, -0.1) is 0 Å². The summed E-state index contributed by atoms with van der Waals surface area (Å²) in [7, 11) is 0. The lowest BCUT2D eigenvalue weighted by atomic mass is 9.96. The van der Waals surface area contributed by atoms with Gasteiger partial charge in [-0.1, -0.05) is 48.5 Å². The third kappa shape index (κ3) is 1.37. The summed E-state index contributed by atoms with van der Waals surface area (Å²) < 4.78 is 0. The van der Waals surface area contributed by atoms with Gasteiger partial charge >= 0.3 is 0 Å². The van der Waals surface area contributed by atoms with Gasteiger partial charge in [-0.3, -0.25) is 9.59 Å². The fourth-order valence-corrected chi connectivity index (χ4v) is 4.31. The molecule has 0 spiro atoms. The minimum absolute atomic E-state index is 0.0702. The first-order valence-corrected chi connectivity index (χ1v) is 8.06. The predicted octanol–water partition coefficient (Wildman–Crippen LogP) is 4.51. The van der Waals surface area contributed by atoms with E-state index in [-0.39, 0.29) is 10.9 Å². The molecule has 0 radical (unpaired) electrons. The predicted molar refractivity (Wildman–Crippen MR) is 101 cm³/mol. The van der Waals surface area contributed by atoms with Crippen molar-refractivity contribution in [3.05, 3.63) is 80.1 Å². The maximum absolute atomic E-state index is 13.0. The van der Waals surface area contributed by atoms with E-state index in [4.69, 9.17) is 0 Å². The second-order valence-corrected chi connectivity index (χ2v) is 6.50. The third-order valence-electron chi connectivity index (χ3n) is 5.34. The molecule has 0 aliphatic carbocycles. The second kappa shape index (κ2) is 4.30. The van der Waals surface area contributed by atoms with Gasteiger partial charge in [0.05, 0.1) is 0 Å². The van der Waals surface area contributed by atoms with E-state index in [9.17, 15) is 9.59 Å². The summed E-state index contributed by atoms with van der Waals surface area (Å²) in [6, 6.07) is 15.4. The summed E-state index contributed by atoms with van der Waals surface area (Å²) in [5.74, 6) is 0. The van der Waals surface area contributed by atoms with Gasteiger partial charge in [0.25, 0.3) is 0 Å². The van der Waals surface area contributed by atoms with E-state index in [1.54, 1.807) is 0 Å². The van der Waals surface area contributed by atoms with Gasteiger partial charge in [0.2, 0.25) is 0 Å². The zero-order chi connectivity index (χ0) is 16.6. The minimum Gasteiger partial charge on any atom is -0.289 e. The van der Waals surface area contributed by atoms with Crippen LogP contribution < -0.4 is 10.9 Å². The molecule has 0 bridgehead atoms. The Bertz CT molecular complexity index is 1290. The highest BCUT2D eigenvalue weighted by Crippen LogP contribution is 2.38. The van der Waals surface area contributed by atoms with Crippen LogP contribution in [0.3, 0.4) is 0 Å². The average molecular weight is 310 g/mol. The highest BCUT2D eigenvalue weighted by molar-refractivity contribution is 6.25. The van der Waals surface area contributed by atoms with Crippen LogP contribution in [0.25, 0.3) is 43.1 Å². The van der Waals surface area contributed by atoms with Gasteiger partial charge in [-0.05, 0) is 46.5 Å². The molecule has 0 N–H and O–H groups in total. The van der Waals surface area contributed by atoms with Crippen LogP contribution in [-0.2, 0) is 0 Å². The van der Waals surface area contributed by atoms with Crippen LogP contribution in [0.5, 0.6) is 0 Å². The van der Waals surface area contributed by atoms with E-state index in [0.29, 0.717) is 0 Å². The molecule has 2 heteroatoms. The van der Waals surface area contributed by atoms with E-state index < -0.39 is 0 Å². The molecule has 5 aromatic carbocycles. The van der Waals surface area contributed by atoms with E-state index in [1.165, 1.54) is 0 Å². The molecule has 0 aliphatic heterocycles. The Morgan fingerprint density at radius 3 is 1.21 bits per heavy atom. The number of benzene rings is 3. The van der Waals surface area contributed by atoms with Crippen molar-refractivity contribution in [2.45, 2.75) is 13.8 Å². The van der Waals surface area contributed by atoms with Gasteiger partial charge in [0, 0.05) is 21.5 Å². The molecule has 0 unspecified atom stereocenters. The molecular formula is C22H14O2. The van der Waals surface area contributed by atoms with Gasteiger partial charge < -0.3 is 0 Å². The Morgan fingerprint density at radius 2 is 0.833 bits per heavy atom. The molecule has 0 saturated carbocycles. The maximum Gasteiger partial charge on any atom is 0.194 e. The molecule has 0 aliphatic rings. The minimum atomic E-state index is 0.0702. The Labute approximate surface area is 137 Å². The molecule has 0 heterocycles. The molecular weight excluding hydrogens is 296 g/mol. The summed E-state index contributed by atoms with van der Waals surface area (Å²) in [6.45, 7) is 3.94. The Hall–Kier alpha value is -3.00. The monoisotopic (exact) mass is 310 g/mol. The maximum atomic E-state index is 13.0. The molecule has 114 valence electrons. The van der Waals surface area contributed by atoms with Crippen LogP contribution >= 0.6 is 0 Å². The van der Waals surface area contributed by atoms with Crippen molar-refractivity contribution < 1.29 is 0 Å². The summed E-state index contributed by atoms with van der Waals surface area (Å²) in [4.78, 5) is 25.9. The van der Waals surface area contributed by atoms with Crippen LogP contribution in [0.4, 0.5) is 0 Å². The first kappa shape index (κ1) is 13.4. The summed E-state index contributed by atoms with van der Waals surface area (Å²) in [5, 5.41) is 6.77. The number of rotatable bonds is 0. The molecule has 5 rings (SSSR count). The van der Waals surface area contributed by atoms with E-state index in [2.05, 4.69) is 0 Å². The number of hydrogen-bond donors (Lipinski definition) is 0. The zero-order valence-electron chi connectivity index (χ0n) is 13.4. The molecule has 0 atom stereocenters. The molecule has 5 aromatic rings. The van der Waals surface area contributed by atoms with Crippen LogP contribution in [0.2, 0.25) is 0 Å². The van der Waals surface area contributed by atoms with Crippen molar-refractivity contribution in [3.8, 4) is 0 Å². The van der Waals surface area contributed by atoms with Crippen molar-refractivity contribution in [3.63, 3.8) is 0 Å². The molecule has 2 nitrogen and oxygen atoms in total. The van der Waals surface area contributed by atoms with Gasteiger partial charge in [0.1, 0.15) is 0 Å². The lowest BCUT2D eigenvalue weighted by Gasteiger charge is -2.05. The van der Waals surface area contributed by atoms with Gasteiger partial charge in [0.15, 0.2) is 10.9 Å². The van der Waals surface area contributed by atoms with Gasteiger partial charge in [-0.25, -0.2) is 0 Å². The number of hydrogen-bond acceptors (Lipinski definition) is 2. The van der Waals surface area contributed by atoms with Crippen molar-refractivity contribution in [1.82, 2.24) is 0 Å². The molecule has 0 saturated heterocycles. The van der Waals surface area contributed by atoms with E-state index >= 15 is 0 Å². The van der Waals surface area contributed by atoms with Gasteiger partial charge in [-0.2, -0.15) is 0 Å². The fraction of sp³-hybridized carbons (Fsp3) is 0.0909. The SMILES string of the molecule is Cc1c2c(=O)c3ccccc3c2c(C)c2c(=O)c3ccccc3c12. The highest BCUT2D eigenvalue weighted by atomic mass is 16.1. The highest BCUT2D eigenvalue weighted by Gasteiger charge is 2.21. The largest absolute Gasteiger partial charge is 0.289 e. The van der Waals surface area contributed by atoms with Crippen molar-refractivity contribution in [1.29, 1.82) is 0 Å². The number of aryl methyl sites for hydroxylation is 2. The van der Waals surface area contributed by atoms with Crippen LogP contribution in [-0.4, -0.2) is 0 Å². The zero-order valence-corrected chi connectivity index (χ0v) is 13.4. The molecule has 0 fully saturated rings. The van der Waals surface area contributed by atoms with Crippen molar-refractivity contribution in [2.24, 2.45) is 0 Å². The molecule has 24 heavy (non-hydrogen) atoms. The third-order valence-corrected chi connectivity index (χ3v) is 5.34. The molecule has 0 aromatic heterocycles. The Morgan fingerprint density at radius 1 is 0.500 bits per heavy atom. The fourth-order valence-electron chi connectivity index (χ4n) is 4.31. The molecule has 0 amide bonds. The van der Waals surface area contributed by atoms with Crippen LogP contribution in [0, 0.1) is 13.8 Å². The first-order chi connectivity index (χ1) is 11.6. The summed E-state index contributed by atoms with van der Waals surface area (Å²) in [6.07, 6.45) is 0. The van der Waals surface area contributed by atoms with Crippen molar-refractivity contribution >= 4 is 43.1 Å². The number of fused-ring (bicyclic) bond motifs is 6. The second-order valence-electron chi connectivity index (χ2n) is 6.50. The Balaban J connectivity index is 2.27. The van der Waals surface area contributed by atoms with Crippen molar-refractivity contribution in [2.75, 3.05) is 0 Å². The first-order valence-electron chi connectivity index (χ1n) is 8.06. The average Bonchev–Trinajstić information content (AvgIpc) is 3.07. The normalized spacial score (nSPS) is 12.1. The quantitative estimate of drug-likeness (QED) is 0.421. The standard InChI is InChI=1S/C22H14O2/c1-11-17-13-7-3-5-9-15(13)22(24)20(17)12(2)18-14-8-4-6-10-16(14)21(23)19(11)18/h3-10H,1-2H3. The van der Waals surface area contributed by atoms with E-state index in [1.807, 2.05) is 62.4 Å².